The van der Waals surface area contributed by atoms with Gasteiger partial charge in [0.1, 0.15) is 0 Å². The molecule has 1 heterocycles. The molecular formula is C8H13NO5S. The van der Waals surface area contributed by atoms with E-state index in [9.17, 15) is 13.2 Å². The third-order valence-electron chi connectivity index (χ3n) is 1.86. The topological polar surface area (TPSA) is 83.9 Å². The van der Waals surface area contributed by atoms with Gasteiger partial charge in [0.2, 0.25) is 0 Å². The van der Waals surface area contributed by atoms with Crippen molar-refractivity contribution in [1.29, 1.82) is 0 Å². The van der Waals surface area contributed by atoms with Gasteiger partial charge in [0.05, 0.1) is 6.10 Å². The zero-order valence-electron chi connectivity index (χ0n) is 8.50. The fourth-order valence-corrected chi connectivity index (χ4v) is 1.99. The maximum absolute atomic E-state index is 11.5. The molecule has 7 heteroatoms. The molecule has 0 saturated carbocycles. The van der Waals surface area contributed by atoms with Gasteiger partial charge < -0.3 is 0 Å². The van der Waals surface area contributed by atoms with Crippen LogP contribution in [0.25, 0.3) is 0 Å². The van der Waals surface area contributed by atoms with Gasteiger partial charge >= 0.3 is 0 Å². The van der Waals surface area contributed by atoms with E-state index < -0.39 is 21.3 Å². The molecule has 0 aliphatic carbocycles. The van der Waals surface area contributed by atoms with Gasteiger partial charge in [-0.1, -0.05) is 6.58 Å². The molecule has 0 aromatic heterocycles. The molecular weight excluding hydrogens is 222 g/mol. The first kappa shape index (κ1) is 12.2. The van der Waals surface area contributed by atoms with Crippen LogP contribution >= 0.6 is 0 Å². The summed E-state index contributed by atoms with van der Waals surface area (Å²) in [5, 5.41) is -0.646. The Bertz CT molecular complexity index is 386. The van der Waals surface area contributed by atoms with E-state index in [1.807, 2.05) is 0 Å². The van der Waals surface area contributed by atoms with Crippen LogP contribution in [0.15, 0.2) is 12.3 Å². The average Bonchev–Trinajstić information content (AvgIpc) is 2.30. The van der Waals surface area contributed by atoms with Crippen molar-refractivity contribution in [3.05, 3.63) is 12.3 Å². The fraction of sp³-hybridized carbons (Fsp3) is 0.625. The Morgan fingerprint density at radius 3 is 2.47 bits per heavy atom. The first-order valence-corrected chi connectivity index (χ1v) is 5.88. The Kier molecular flexibility index (Phi) is 3.17. The van der Waals surface area contributed by atoms with Crippen LogP contribution in [0.2, 0.25) is 0 Å². The molecule has 0 aromatic rings. The maximum Gasteiger partial charge on any atom is 0.277 e. The van der Waals surface area contributed by atoms with Crippen molar-refractivity contribution in [3.8, 4) is 0 Å². The Balaban J connectivity index is 2.89. The molecule has 1 N–H and O–H groups in total. The zero-order chi connectivity index (χ0) is 11.8. The van der Waals surface area contributed by atoms with Gasteiger partial charge in [-0.05, 0) is 13.8 Å². The molecule has 1 rings (SSSR count). The van der Waals surface area contributed by atoms with Gasteiger partial charge in [0.15, 0.2) is 5.25 Å². The standard InChI is InChI=1S/C8H13NO5S/c1-5(2)14-9-6(3)4-7(8(9)10)15(11,12)13/h5,7H,3-4H2,1-2H3,(H,11,12,13). The summed E-state index contributed by atoms with van der Waals surface area (Å²) in [6, 6.07) is 0. The van der Waals surface area contributed by atoms with Crippen molar-refractivity contribution in [1.82, 2.24) is 5.06 Å². The van der Waals surface area contributed by atoms with Gasteiger partial charge in [0, 0.05) is 12.1 Å². The summed E-state index contributed by atoms with van der Waals surface area (Å²) < 4.78 is 30.5. The number of amides is 1. The molecule has 0 bridgehead atoms. The molecule has 0 aromatic carbocycles. The quantitative estimate of drug-likeness (QED) is 0.712. The normalized spacial score (nSPS) is 22.9. The van der Waals surface area contributed by atoms with Crippen molar-refractivity contribution in [2.75, 3.05) is 0 Å². The summed E-state index contributed by atoms with van der Waals surface area (Å²) in [4.78, 5) is 16.6. The number of rotatable bonds is 3. The third kappa shape index (κ3) is 2.55. The van der Waals surface area contributed by atoms with Crippen molar-refractivity contribution >= 4 is 16.0 Å². The summed E-state index contributed by atoms with van der Waals surface area (Å²) in [5.41, 5.74) is 0.233. The lowest BCUT2D eigenvalue weighted by atomic mass is 10.3. The number of carbonyl (C=O) groups excluding carboxylic acids is 1. The van der Waals surface area contributed by atoms with E-state index in [2.05, 4.69) is 6.58 Å². The van der Waals surface area contributed by atoms with Gasteiger partial charge in [0.25, 0.3) is 16.0 Å². The molecule has 15 heavy (non-hydrogen) atoms. The maximum atomic E-state index is 11.5. The summed E-state index contributed by atoms with van der Waals surface area (Å²) in [7, 11) is -4.39. The van der Waals surface area contributed by atoms with Gasteiger partial charge in [-0.15, -0.1) is 0 Å². The van der Waals surface area contributed by atoms with Crippen molar-refractivity contribution in [2.45, 2.75) is 31.6 Å². The molecule has 0 spiro atoms. The van der Waals surface area contributed by atoms with Crippen LogP contribution in [0.5, 0.6) is 0 Å². The fourth-order valence-electron chi connectivity index (χ4n) is 1.24. The van der Waals surface area contributed by atoms with Crippen molar-refractivity contribution in [3.63, 3.8) is 0 Å². The number of hydroxylamine groups is 2. The minimum absolute atomic E-state index is 0.135. The number of hydrogen-bond donors (Lipinski definition) is 1. The highest BCUT2D eigenvalue weighted by Crippen LogP contribution is 2.26. The minimum Gasteiger partial charge on any atom is -0.285 e. The van der Waals surface area contributed by atoms with Gasteiger partial charge in [-0.2, -0.15) is 13.5 Å². The van der Waals surface area contributed by atoms with E-state index in [4.69, 9.17) is 9.39 Å². The first-order chi connectivity index (χ1) is 6.73. The monoisotopic (exact) mass is 235 g/mol. The van der Waals surface area contributed by atoms with Crippen LogP contribution in [-0.2, 0) is 19.8 Å². The molecule has 1 aliphatic rings. The van der Waals surface area contributed by atoms with E-state index in [1.165, 1.54) is 0 Å². The Morgan fingerprint density at radius 2 is 2.13 bits per heavy atom. The third-order valence-corrected chi connectivity index (χ3v) is 2.95. The van der Waals surface area contributed by atoms with Crippen LogP contribution in [0.1, 0.15) is 20.3 Å². The van der Waals surface area contributed by atoms with E-state index in [1.54, 1.807) is 13.8 Å². The molecule has 86 valence electrons. The van der Waals surface area contributed by atoms with E-state index >= 15 is 0 Å². The Hall–Kier alpha value is -0.920. The van der Waals surface area contributed by atoms with Gasteiger partial charge in [-0.3, -0.25) is 14.2 Å². The highest BCUT2D eigenvalue weighted by atomic mass is 32.2. The molecule has 6 nitrogen and oxygen atoms in total. The predicted molar refractivity (Wildman–Crippen MR) is 52.2 cm³/mol. The van der Waals surface area contributed by atoms with Crippen LogP contribution in [-0.4, -0.2) is 35.3 Å². The highest BCUT2D eigenvalue weighted by molar-refractivity contribution is 7.87. The molecule has 1 aliphatic heterocycles. The van der Waals surface area contributed by atoms with Gasteiger partial charge in [-0.25, -0.2) is 0 Å². The lowest BCUT2D eigenvalue weighted by Gasteiger charge is -2.19. The summed E-state index contributed by atoms with van der Waals surface area (Å²) in [6.45, 7) is 6.90. The molecule has 1 saturated heterocycles. The molecule has 1 fully saturated rings. The molecule has 1 unspecified atom stereocenters. The lowest BCUT2D eigenvalue weighted by molar-refractivity contribution is -0.180. The second-order valence-corrected chi connectivity index (χ2v) is 5.16. The molecule has 0 radical (unpaired) electrons. The van der Waals surface area contributed by atoms with E-state index in [-0.39, 0.29) is 18.2 Å². The average molecular weight is 235 g/mol. The van der Waals surface area contributed by atoms with Crippen LogP contribution in [0.3, 0.4) is 0 Å². The molecule has 1 amide bonds. The largest absolute Gasteiger partial charge is 0.285 e. The highest BCUT2D eigenvalue weighted by Gasteiger charge is 2.43. The summed E-state index contributed by atoms with van der Waals surface area (Å²) >= 11 is 0. The minimum atomic E-state index is -4.39. The number of carbonyl (C=O) groups is 1. The predicted octanol–water partition coefficient (Wildman–Crippen LogP) is 0.329. The Morgan fingerprint density at radius 1 is 1.60 bits per heavy atom. The van der Waals surface area contributed by atoms with Crippen LogP contribution in [0.4, 0.5) is 0 Å². The number of allylic oxidation sites excluding steroid dienone is 1. The summed E-state index contributed by atoms with van der Waals surface area (Å²) in [6.07, 6.45) is -0.407. The number of nitrogens with zero attached hydrogens (tertiary/aromatic N) is 1. The van der Waals surface area contributed by atoms with Crippen molar-refractivity contribution < 1.29 is 22.6 Å². The smallest absolute Gasteiger partial charge is 0.277 e. The first-order valence-electron chi connectivity index (χ1n) is 4.38. The Labute approximate surface area is 88.2 Å². The van der Waals surface area contributed by atoms with E-state index in [0.29, 0.717) is 0 Å². The van der Waals surface area contributed by atoms with Crippen molar-refractivity contribution in [2.24, 2.45) is 0 Å². The zero-order valence-corrected chi connectivity index (χ0v) is 9.32. The second kappa shape index (κ2) is 3.92. The van der Waals surface area contributed by atoms with Crippen LogP contribution in [0, 0.1) is 0 Å². The SMILES string of the molecule is C=C1CC(S(=O)(=O)O)C(=O)N1OC(C)C. The second-order valence-electron chi connectivity index (χ2n) is 3.56. The number of hydrogen-bond acceptors (Lipinski definition) is 4. The van der Waals surface area contributed by atoms with Crippen LogP contribution < -0.4 is 0 Å². The molecule has 1 atom stereocenters. The summed E-state index contributed by atoms with van der Waals surface area (Å²) in [5.74, 6) is -0.795. The van der Waals surface area contributed by atoms with E-state index in [0.717, 1.165) is 5.06 Å². The lowest BCUT2D eigenvalue weighted by Crippen LogP contribution is -2.34.